The summed E-state index contributed by atoms with van der Waals surface area (Å²) in [6.07, 6.45) is 4.42. The van der Waals surface area contributed by atoms with E-state index in [1.807, 2.05) is 43.3 Å². The molecular weight excluding hydrogens is 973 g/mol. The Labute approximate surface area is 435 Å². The van der Waals surface area contributed by atoms with Crippen molar-refractivity contribution in [3.63, 3.8) is 0 Å². The Morgan fingerprint density at radius 3 is 2.01 bits per heavy atom. The lowest BCUT2D eigenvalue weighted by molar-refractivity contribution is -0.146. The maximum absolute atomic E-state index is 14.4. The Hall–Kier alpha value is -8.08. The summed E-state index contributed by atoms with van der Waals surface area (Å²) in [4.78, 5) is 125. The van der Waals surface area contributed by atoms with E-state index >= 15 is 0 Å². The molecule has 0 aliphatic carbocycles. The van der Waals surface area contributed by atoms with Crippen molar-refractivity contribution < 1.29 is 63.2 Å². The average molecular weight is 1050 g/mol. The maximum Gasteiger partial charge on any atom is 0.327 e. The molecule has 1 aliphatic heterocycles. The minimum atomic E-state index is -1.95. The number of phenolic OH excluding ortho intramolecular Hbond substituents is 1. The highest BCUT2D eigenvalue weighted by Crippen LogP contribution is 2.19. The number of allylic oxidation sites excluding steroid dienone is 2. The van der Waals surface area contributed by atoms with Crippen molar-refractivity contribution in [2.24, 2.45) is 34.2 Å². The van der Waals surface area contributed by atoms with Gasteiger partial charge in [0.05, 0.1) is 29.7 Å². The van der Waals surface area contributed by atoms with Crippen LogP contribution >= 0.6 is 0 Å². The van der Waals surface area contributed by atoms with Gasteiger partial charge in [0.15, 0.2) is 5.96 Å². The van der Waals surface area contributed by atoms with Gasteiger partial charge in [-0.25, -0.2) is 9.59 Å². The molecule has 0 radical (unpaired) electrons. The number of carboxylic acids is 2. The van der Waals surface area contributed by atoms with E-state index in [2.05, 4.69) is 48.8 Å². The number of methoxy groups -OCH3 is 1. The van der Waals surface area contributed by atoms with Gasteiger partial charge in [-0.2, -0.15) is 0 Å². The predicted octanol–water partition coefficient (Wildman–Crippen LogP) is 0.569. The van der Waals surface area contributed by atoms with E-state index in [1.54, 1.807) is 32.2 Å². The zero-order chi connectivity index (χ0) is 55.9. The van der Waals surface area contributed by atoms with Crippen molar-refractivity contribution in [3.8, 4) is 5.75 Å². The van der Waals surface area contributed by atoms with Crippen LogP contribution in [0.1, 0.15) is 77.8 Å². The highest BCUT2D eigenvalue weighted by Gasteiger charge is 2.37. The third-order valence-corrected chi connectivity index (χ3v) is 12.4. The van der Waals surface area contributed by atoms with Gasteiger partial charge in [-0.1, -0.05) is 93.6 Å². The maximum atomic E-state index is 14.4. The number of hydrogen-bond acceptors (Lipinski definition) is 12. The molecule has 23 nitrogen and oxygen atoms in total. The molecule has 10 atom stereocenters. The van der Waals surface area contributed by atoms with Crippen LogP contribution in [0.4, 0.5) is 0 Å². The molecule has 2 aromatic rings. The van der Waals surface area contributed by atoms with Crippen LogP contribution in [0.5, 0.6) is 5.75 Å². The van der Waals surface area contributed by atoms with Gasteiger partial charge in [-0.15, -0.1) is 0 Å². The first-order valence-electron chi connectivity index (χ1n) is 24.4. The Morgan fingerprint density at radius 1 is 0.787 bits per heavy atom. The highest BCUT2D eigenvalue weighted by atomic mass is 16.5. The summed E-state index contributed by atoms with van der Waals surface area (Å²) in [7, 11) is 1.60. The number of nitrogens with zero attached hydrogens (tertiary/aromatic N) is 1. The molecule has 75 heavy (non-hydrogen) atoms. The lowest BCUT2D eigenvalue weighted by atomic mass is 9.94. The molecule has 3 unspecified atom stereocenters. The van der Waals surface area contributed by atoms with E-state index in [9.17, 15) is 58.5 Å². The number of nitrogens with one attached hydrogen (secondary N) is 7. The molecule has 408 valence electrons. The van der Waals surface area contributed by atoms with Crippen LogP contribution in [0.3, 0.4) is 0 Å². The van der Waals surface area contributed by atoms with Crippen molar-refractivity contribution in [3.05, 3.63) is 102 Å². The van der Waals surface area contributed by atoms with Crippen LogP contribution in [-0.4, -0.2) is 131 Å². The number of carbonyl (C=O) groups is 9. The van der Waals surface area contributed by atoms with Crippen molar-refractivity contribution in [1.82, 2.24) is 37.2 Å². The fourth-order valence-electron chi connectivity index (χ4n) is 7.82. The number of carbonyl (C=O) groups excluding carboxylic acids is 7. The van der Waals surface area contributed by atoms with Crippen molar-refractivity contribution in [1.29, 1.82) is 0 Å². The van der Waals surface area contributed by atoms with E-state index in [-0.39, 0.29) is 56.0 Å². The van der Waals surface area contributed by atoms with Gasteiger partial charge in [0.1, 0.15) is 36.0 Å². The molecule has 1 fully saturated rings. The van der Waals surface area contributed by atoms with Crippen molar-refractivity contribution >= 4 is 59.2 Å². The molecule has 0 saturated carbocycles. The molecule has 0 aromatic heterocycles. The van der Waals surface area contributed by atoms with Crippen LogP contribution in [-0.2, 0) is 60.7 Å². The Morgan fingerprint density at radius 2 is 1.40 bits per heavy atom. The number of aliphatic imine (C=N–C) groups is 1. The predicted molar refractivity (Wildman–Crippen MR) is 277 cm³/mol. The third-order valence-electron chi connectivity index (χ3n) is 12.4. The molecule has 1 heterocycles. The topological polar surface area (TPSA) is 372 Å². The standard InChI is InChI=1S/C52H72N10O13/c1-28(26-29(2)41(75-7)27-35-12-9-8-10-13-35)15-21-37-30(3)44(65)61-40(50(71)72)23-24-42(64)56-32(5)46(67)57-33(6)47(68)60-39(22-18-34-16-19-36(63)20-17-34)49(70)62-43(51(73)74)31(4)45(66)59-38(48(69)58-37)14-11-25-55-52(53)54/h8-10,12-13,15-17,19-21,26,29-31,33,37-41,43,63H,5,11,14,18,22-25,27H2,1-4,6-7H3,(H,56,64)(H,57,67)(H,58,69)(H,59,66)(H,60,68)(H,61,65)(H,62,70)(H,71,72)(H,73,74)(H4,53,54,55)/b21-15+,28-26+/t29-,30-,31-,33+,37?,38?,39-,40+,41-,43?/m0/s1. The number of aromatic hydroxyl groups is 1. The molecule has 2 aromatic carbocycles. The van der Waals surface area contributed by atoms with Crippen molar-refractivity contribution in [2.45, 2.75) is 122 Å². The summed E-state index contributed by atoms with van der Waals surface area (Å²) in [5, 5.41) is 47.5. The summed E-state index contributed by atoms with van der Waals surface area (Å²) < 4.78 is 5.81. The SMILES string of the molecule is C=C1NC(=O)CC[C@H](C(=O)O)NC(=O)[C@@H](C)C(/C=C/C(C)=C/[C@H](C)[C@H](Cc2ccccc2)OC)NC(=O)C(CCCN=C(N)N)NC(=O)[C@@H](C)C(C(=O)O)NC(=O)[C@H](CCc2ccc(O)cc2)NC(=O)[C@@H](C)NC1=O. The van der Waals surface area contributed by atoms with Crippen molar-refractivity contribution in [2.75, 3.05) is 13.7 Å². The molecule has 0 bridgehead atoms. The number of aryl methyl sites for hydroxylation is 1. The monoisotopic (exact) mass is 1040 g/mol. The quantitative estimate of drug-likeness (QED) is 0.0360. The van der Waals surface area contributed by atoms with Crippen LogP contribution in [0, 0.1) is 17.8 Å². The summed E-state index contributed by atoms with van der Waals surface area (Å²) in [6, 6.07) is 6.57. The Kier molecular flexibility index (Phi) is 24.6. The second-order valence-electron chi connectivity index (χ2n) is 18.5. The van der Waals surface area contributed by atoms with Gasteiger partial charge >= 0.3 is 11.9 Å². The number of carboxylic acid groups (broad SMARTS) is 2. The minimum Gasteiger partial charge on any atom is -0.508 e. The van der Waals surface area contributed by atoms with Crippen LogP contribution < -0.4 is 48.7 Å². The largest absolute Gasteiger partial charge is 0.508 e. The number of nitrogens with two attached hydrogens (primary N) is 2. The second-order valence-corrected chi connectivity index (χ2v) is 18.5. The van der Waals surface area contributed by atoms with E-state index in [1.165, 1.54) is 39.0 Å². The van der Waals surface area contributed by atoms with E-state index in [4.69, 9.17) is 16.2 Å². The van der Waals surface area contributed by atoms with E-state index in [0.29, 0.717) is 17.6 Å². The molecule has 23 heteroatoms. The number of aliphatic carboxylic acids is 2. The fourth-order valence-corrected chi connectivity index (χ4v) is 7.82. The smallest absolute Gasteiger partial charge is 0.327 e. The average Bonchev–Trinajstić information content (AvgIpc) is 3.36. The lowest BCUT2D eigenvalue weighted by Gasteiger charge is -2.28. The van der Waals surface area contributed by atoms with Gasteiger partial charge in [0, 0.05) is 26.0 Å². The van der Waals surface area contributed by atoms with Crippen LogP contribution in [0.15, 0.2) is 95.7 Å². The van der Waals surface area contributed by atoms with Gasteiger partial charge in [-0.05, 0) is 75.6 Å². The number of phenols is 1. The molecule has 1 saturated heterocycles. The number of rotatable bonds is 16. The fraction of sp³-hybridized carbons (Fsp3) is 0.462. The van der Waals surface area contributed by atoms with Gasteiger partial charge < -0.3 is 68.7 Å². The lowest BCUT2D eigenvalue weighted by Crippen LogP contribution is -2.59. The minimum absolute atomic E-state index is 0.00463. The van der Waals surface area contributed by atoms with Gasteiger partial charge in [0.25, 0.3) is 5.91 Å². The summed E-state index contributed by atoms with van der Waals surface area (Å²) >= 11 is 0. The molecular formula is C52H72N10O13. The number of guanidine groups is 1. The Bertz CT molecular complexity index is 2440. The number of benzene rings is 2. The number of hydrogen-bond donors (Lipinski definition) is 12. The molecule has 3 rings (SSSR count). The van der Waals surface area contributed by atoms with E-state index in [0.717, 1.165) is 5.56 Å². The Balaban J connectivity index is 2.11. The first kappa shape index (κ1) is 61.2. The first-order valence-corrected chi connectivity index (χ1v) is 24.4. The number of ether oxygens (including phenoxy) is 1. The normalized spacial score (nSPS) is 24.3. The summed E-state index contributed by atoms with van der Waals surface area (Å²) in [5.41, 5.74) is 12.9. The second kappa shape index (κ2) is 30.2. The molecule has 7 amide bonds. The zero-order valence-corrected chi connectivity index (χ0v) is 43.1. The third kappa shape index (κ3) is 20.8. The molecule has 0 spiro atoms. The van der Waals surface area contributed by atoms with Crippen LogP contribution in [0.2, 0.25) is 0 Å². The summed E-state index contributed by atoms with van der Waals surface area (Å²) in [6.45, 7) is 11.2. The molecule has 14 N–H and O–H groups in total. The highest BCUT2D eigenvalue weighted by molar-refractivity contribution is 6.00. The number of amides is 7. The molecule has 1 aliphatic rings. The van der Waals surface area contributed by atoms with Crippen LogP contribution in [0.25, 0.3) is 0 Å². The van der Waals surface area contributed by atoms with Gasteiger partial charge in [-0.3, -0.25) is 38.6 Å². The first-order chi connectivity index (χ1) is 35.4. The van der Waals surface area contributed by atoms with Gasteiger partial charge in [0.2, 0.25) is 35.4 Å². The van der Waals surface area contributed by atoms with E-state index < -0.39 is 120 Å². The summed E-state index contributed by atoms with van der Waals surface area (Å²) in [5.74, 6) is -12.9. The zero-order valence-electron chi connectivity index (χ0n) is 43.1.